The van der Waals surface area contributed by atoms with E-state index >= 15 is 0 Å². The number of anilines is 1. The number of hydrogen-bond donors (Lipinski definition) is 2. The smallest absolute Gasteiger partial charge is 0.408 e. The van der Waals surface area contributed by atoms with Crippen molar-refractivity contribution >= 4 is 28.6 Å². The molecule has 3 rings (SSSR count). The van der Waals surface area contributed by atoms with Crippen LogP contribution in [-0.2, 0) is 9.59 Å². The third-order valence-corrected chi connectivity index (χ3v) is 4.59. The SMILES string of the molecule is Cc1cccc(NC(=O)CNC(=O)C(C)n2c(=O)oc3ccccc32)c1C. The van der Waals surface area contributed by atoms with E-state index in [0.29, 0.717) is 16.8 Å². The van der Waals surface area contributed by atoms with E-state index in [2.05, 4.69) is 10.6 Å². The number of carbonyl (C=O) groups excluding carboxylic acids is 2. The molecule has 1 heterocycles. The lowest BCUT2D eigenvalue weighted by Gasteiger charge is -2.14. The van der Waals surface area contributed by atoms with Gasteiger partial charge in [0.15, 0.2) is 5.58 Å². The maximum Gasteiger partial charge on any atom is 0.420 e. The van der Waals surface area contributed by atoms with Gasteiger partial charge in [0, 0.05) is 5.69 Å². The van der Waals surface area contributed by atoms with Crippen LogP contribution in [0.15, 0.2) is 51.7 Å². The van der Waals surface area contributed by atoms with E-state index in [1.165, 1.54) is 4.57 Å². The molecule has 0 saturated heterocycles. The Morgan fingerprint density at radius 3 is 2.63 bits per heavy atom. The first-order valence-electron chi connectivity index (χ1n) is 8.62. The third kappa shape index (κ3) is 3.76. The molecule has 0 spiro atoms. The van der Waals surface area contributed by atoms with Crippen LogP contribution in [0, 0.1) is 13.8 Å². The molecule has 0 fully saturated rings. The summed E-state index contributed by atoms with van der Waals surface area (Å²) < 4.78 is 6.42. The van der Waals surface area contributed by atoms with Crippen molar-refractivity contribution in [3.63, 3.8) is 0 Å². The van der Waals surface area contributed by atoms with Crippen molar-refractivity contribution < 1.29 is 14.0 Å². The Hall–Kier alpha value is -3.35. The molecule has 7 nitrogen and oxygen atoms in total. The molecule has 1 aromatic heterocycles. The summed E-state index contributed by atoms with van der Waals surface area (Å²) in [7, 11) is 0. The fourth-order valence-corrected chi connectivity index (χ4v) is 2.86. The summed E-state index contributed by atoms with van der Waals surface area (Å²) in [4.78, 5) is 36.6. The zero-order valence-electron chi connectivity index (χ0n) is 15.4. The molecule has 27 heavy (non-hydrogen) atoms. The van der Waals surface area contributed by atoms with Gasteiger partial charge in [-0.25, -0.2) is 4.79 Å². The lowest BCUT2D eigenvalue weighted by Crippen LogP contribution is -2.38. The molecule has 1 unspecified atom stereocenters. The first-order valence-corrected chi connectivity index (χ1v) is 8.62. The maximum atomic E-state index is 12.4. The van der Waals surface area contributed by atoms with E-state index in [1.54, 1.807) is 31.2 Å². The molecular weight excluding hydrogens is 346 g/mol. The van der Waals surface area contributed by atoms with Crippen molar-refractivity contribution in [3.05, 3.63) is 64.1 Å². The number of benzene rings is 2. The van der Waals surface area contributed by atoms with Crippen LogP contribution in [0.1, 0.15) is 24.1 Å². The number of amides is 2. The van der Waals surface area contributed by atoms with Crippen LogP contribution in [0.25, 0.3) is 11.1 Å². The molecule has 0 radical (unpaired) electrons. The van der Waals surface area contributed by atoms with E-state index < -0.39 is 17.7 Å². The van der Waals surface area contributed by atoms with E-state index in [9.17, 15) is 14.4 Å². The number of fused-ring (bicyclic) bond motifs is 1. The molecule has 140 valence electrons. The Kier molecular flexibility index (Phi) is 5.12. The molecule has 3 aromatic rings. The van der Waals surface area contributed by atoms with Crippen LogP contribution in [0.5, 0.6) is 0 Å². The van der Waals surface area contributed by atoms with Gasteiger partial charge in [0.05, 0.1) is 12.1 Å². The summed E-state index contributed by atoms with van der Waals surface area (Å²) in [6.07, 6.45) is 0. The van der Waals surface area contributed by atoms with Crippen molar-refractivity contribution in [3.8, 4) is 0 Å². The minimum Gasteiger partial charge on any atom is -0.408 e. The standard InChI is InChI=1S/C20H21N3O4/c1-12-7-6-8-15(13(12)2)22-18(24)11-21-19(25)14(3)23-16-9-4-5-10-17(16)27-20(23)26/h4-10,14H,11H2,1-3H3,(H,21,25)(H,22,24). The second kappa shape index (κ2) is 7.49. The van der Waals surface area contributed by atoms with E-state index in [4.69, 9.17) is 4.42 Å². The van der Waals surface area contributed by atoms with Gasteiger partial charge in [0.1, 0.15) is 6.04 Å². The van der Waals surface area contributed by atoms with Crippen LogP contribution in [-0.4, -0.2) is 22.9 Å². The molecule has 0 aliphatic carbocycles. The fourth-order valence-electron chi connectivity index (χ4n) is 2.86. The minimum atomic E-state index is -0.811. The van der Waals surface area contributed by atoms with Crippen molar-refractivity contribution in [1.82, 2.24) is 9.88 Å². The summed E-state index contributed by atoms with van der Waals surface area (Å²) in [6, 6.07) is 11.7. The first-order chi connectivity index (χ1) is 12.9. The molecule has 0 aliphatic heterocycles. The second-order valence-corrected chi connectivity index (χ2v) is 6.40. The largest absolute Gasteiger partial charge is 0.420 e. The minimum absolute atomic E-state index is 0.193. The van der Waals surface area contributed by atoms with Crippen molar-refractivity contribution in [2.24, 2.45) is 0 Å². The first kappa shape index (κ1) is 18.4. The molecule has 0 saturated carbocycles. The van der Waals surface area contributed by atoms with Crippen LogP contribution in [0.3, 0.4) is 0 Å². The number of aryl methyl sites for hydroxylation is 1. The number of oxazole rings is 1. The lowest BCUT2D eigenvalue weighted by molar-refractivity contribution is -0.126. The Bertz CT molecular complexity index is 1060. The van der Waals surface area contributed by atoms with Crippen molar-refractivity contribution in [2.75, 3.05) is 11.9 Å². The number of nitrogens with one attached hydrogen (secondary N) is 2. The van der Waals surface area contributed by atoms with Gasteiger partial charge < -0.3 is 15.1 Å². The van der Waals surface area contributed by atoms with E-state index in [0.717, 1.165) is 11.1 Å². The highest BCUT2D eigenvalue weighted by atomic mass is 16.4. The summed E-state index contributed by atoms with van der Waals surface area (Å²) in [5.74, 6) is -1.40. The number of para-hydroxylation sites is 2. The van der Waals surface area contributed by atoms with Gasteiger partial charge in [0.25, 0.3) is 0 Å². The quantitative estimate of drug-likeness (QED) is 0.725. The number of aromatic nitrogens is 1. The Balaban J connectivity index is 1.66. The van der Waals surface area contributed by atoms with E-state index in [-0.39, 0.29) is 12.5 Å². The predicted molar refractivity (Wildman–Crippen MR) is 103 cm³/mol. The second-order valence-electron chi connectivity index (χ2n) is 6.40. The molecule has 0 aliphatic rings. The van der Waals surface area contributed by atoms with Crippen LogP contribution < -0.4 is 16.4 Å². The van der Waals surface area contributed by atoms with Crippen molar-refractivity contribution in [2.45, 2.75) is 26.8 Å². The summed E-state index contributed by atoms with van der Waals surface area (Å²) in [6.45, 7) is 5.27. The van der Waals surface area contributed by atoms with Gasteiger partial charge in [-0.3, -0.25) is 14.2 Å². The van der Waals surface area contributed by atoms with Crippen LogP contribution in [0.2, 0.25) is 0 Å². The topological polar surface area (TPSA) is 93.3 Å². The Labute approximate surface area is 156 Å². The third-order valence-electron chi connectivity index (χ3n) is 4.59. The summed E-state index contributed by atoms with van der Waals surface area (Å²) >= 11 is 0. The fraction of sp³-hybridized carbons (Fsp3) is 0.250. The summed E-state index contributed by atoms with van der Waals surface area (Å²) in [5.41, 5.74) is 3.69. The van der Waals surface area contributed by atoms with Gasteiger partial charge in [0.2, 0.25) is 11.8 Å². The molecule has 0 bridgehead atoms. The highest BCUT2D eigenvalue weighted by Crippen LogP contribution is 2.18. The summed E-state index contributed by atoms with van der Waals surface area (Å²) in [5, 5.41) is 5.34. The normalized spacial score (nSPS) is 12.0. The van der Waals surface area contributed by atoms with Gasteiger partial charge >= 0.3 is 5.76 Å². The monoisotopic (exact) mass is 367 g/mol. The highest BCUT2D eigenvalue weighted by molar-refractivity contribution is 5.95. The Morgan fingerprint density at radius 1 is 1.11 bits per heavy atom. The zero-order chi connectivity index (χ0) is 19.6. The molecule has 1 atom stereocenters. The molecule has 7 heteroatoms. The van der Waals surface area contributed by atoms with E-state index in [1.807, 2.05) is 32.0 Å². The maximum absolute atomic E-state index is 12.4. The number of carbonyl (C=O) groups is 2. The predicted octanol–water partition coefficient (Wildman–Crippen LogP) is 2.53. The average Bonchev–Trinajstić information content (AvgIpc) is 2.98. The molecular formula is C20H21N3O4. The Morgan fingerprint density at radius 2 is 1.85 bits per heavy atom. The van der Waals surface area contributed by atoms with Crippen LogP contribution >= 0.6 is 0 Å². The van der Waals surface area contributed by atoms with Crippen molar-refractivity contribution in [1.29, 1.82) is 0 Å². The van der Waals surface area contributed by atoms with Gasteiger partial charge in [-0.05, 0) is 50.1 Å². The van der Waals surface area contributed by atoms with Gasteiger partial charge in [-0.15, -0.1) is 0 Å². The highest BCUT2D eigenvalue weighted by Gasteiger charge is 2.21. The van der Waals surface area contributed by atoms with Gasteiger partial charge in [-0.2, -0.15) is 0 Å². The lowest BCUT2D eigenvalue weighted by atomic mass is 10.1. The zero-order valence-corrected chi connectivity index (χ0v) is 15.4. The molecule has 2 aromatic carbocycles. The molecule has 2 N–H and O–H groups in total. The number of hydrogen-bond acceptors (Lipinski definition) is 4. The number of nitrogens with zero attached hydrogens (tertiary/aromatic N) is 1. The number of rotatable bonds is 5. The molecule has 2 amide bonds. The average molecular weight is 367 g/mol. The van der Waals surface area contributed by atoms with Crippen LogP contribution in [0.4, 0.5) is 5.69 Å². The van der Waals surface area contributed by atoms with Gasteiger partial charge in [-0.1, -0.05) is 24.3 Å².